The highest BCUT2D eigenvalue weighted by molar-refractivity contribution is 6.30. The number of nitrogens with zero attached hydrogens (tertiary/aromatic N) is 4. The van der Waals surface area contributed by atoms with Crippen LogP contribution in [0.3, 0.4) is 0 Å². The Morgan fingerprint density at radius 1 is 1.27 bits per heavy atom. The molecule has 4 nitrogen and oxygen atoms in total. The van der Waals surface area contributed by atoms with Gasteiger partial charge in [0.25, 0.3) is 0 Å². The smallest absolute Gasteiger partial charge is 0.186 e. The van der Waals surface area contributed by atoms with Gasteiger partial charge in [-0.15, -0.1) is 5.10 Å². The average molecular weight is 315 g/mol. The second-order valence-corrected chi connectivity index (χ2v) is 6.37. The van der Waals surface area contributed by atoms with Crippen LogP contribution < -0.4 is 0 Å². The Morgan fingerprint density at radius 2 is 2.09 bits per heavy atom. The van der Waals surface area contributed by atoms with Crippen LogP contribution in [-0.4, -0.2) is 15.0 Å². The monoisotopic (exact) mass is 314 g/mol. The predicted molar refractivity (Wildman–Crippen MR) is 86.0 cm³/mol. The zero-order valence-electron chi connectivity index (χ0n) is 12.5. The summed E-state index contributed by atoms with van der Waals surface area (Å²) < 4.78 is 1.76. The summed E-state index contributed by atoms with van der Waals surface area (Å²) in [4.78, 5) is 0. The van der Waals surface area contributed by atoms with Crippen molar-refractivity contribution in [2.75, 3.05) is 0 Å². The summed E-state index contributed by atoms with van der Waals surface area (Å²) in [5, 5.41) is 18.1. The maximum Gasteiger partial charge on any atom is 0.186 e. The van der Waals surface area contributed by atoms with Crippen LogP contribution in [0.15, 0.2) is 24.3 Å². The van der Waals surface area contributed by atoms with Gasteiger partial charge in [-0.05, 0) is 37.0 Å². The van der Waals surface area contributed by atoms with Crippen LogP contribution >= 0.6 is 11.6 Å². The molecule has 1 fully saturated rings. The molecule has 1 saturated carbocycles. The van der Waals surface area contributed by atoms with Gasteiger partial charge in [0.1, 0.15) is 6.07 Å². The van der Waals surface area contributed by atoms with Crippen molar-refractivity contribution in [3.8, 4) is 11.8 Å². The molecule has 0 amide bonds. The lowest BCUT2D eigenvalue weighted by molar-refractivity contribution is 0.337. The molecule has 22 heavy (non-hydrogen) atoms. The van der Waals surface area contributed by atoms with Gasteiger partial charge in [-0.25, -0.2) is 4.68 Å². The Morgan fingerprint density at radius 3 is 2.82 bits per heavy atom. The first-order valence-electron chi connectivity index (χ1n) is 7.88. The third-order valence-corrected chi connectivity index (χ3v) is 4.67. The number of hydrogen-bond donors (Lipinski definition) is 0. The maximum atomic E-state index is 9.28. The van der Waals surface area contributed by atoms with Crippen LogP contribution in [0.2, 0.25) is 5.02 Å². The number of nitriles is 1. The van der Waals surface area contributed by atoms with E-state index in [-0.39, 0.29) is 0 Å². The fraction of sp³-hybridized carbons (Fsp3) is 0.471. The SMILES string of the molecule is N#Cc1nnn(-c2cccc(Cl)c2)c1CCC1CCCCC1. The summed E-state index contributed by atoms with van der Waals surface area (Å²) in [6.45, 7) is 0. The highest BCUT2D eigenvalue weighted by Gasteiger charge is 2.18. The molecule has 0 radical (unpaired) electrons. The van der Waals surface area contributed by atoms with Crippen molar-refractivity contribution < 1.29 is 0 Å². The molecule has 1 aliphatic rings. The number of aromatic nitrogens is 3. The minimum absolute atomic E-state index is 0.427. The normalized spacial score (nSPS) is 15.6. The number of benzene rings is 1. The molecular formula is C17H19ClN4. The molecule has 1 aromatic carbocycles. The molecule has 0 unspecified atom stereocenters. The average Bonchev–Trinajstić information content (AvgIpc) is 2.97. The topological polar surface area (TPSA) is 54.5 Å². The summed E-state index contributed by atoms with van der Waals surface area (Å²) in [6, 6.07) is 9.66. The van der Waals surface area contributed by atoms with Crippen molar-refractivity contribution in [2.45, 2.75) is 44.9 Å². The highest BCUT2D eigenvalue weighted by Crippen LogP contribution is 2.28. The predicted octanol–water partition coefficient (Wildman–Crippen LogP) is 4.31. The summed E-state index contributed by atoms with van der Waals surface area (Å²) in [5.74, 6) is 0.767. The summed E-state index contributed by atoms with van der Waals surface area (Å²) in [7, 11) is 0. The second-order valence-electron chi connectivity index (χ2n) is 5.93. The van der Waals surface area contributed by atoms with Crippen molar-refractivity contribution in [3.05, 3.63) is 40.7 Å². The minimum atomic E-state index is 0.427. The zero-order chi connectivity index (χ0) is 15.4. The van der Waals surface area contributed by atoms with Gasteiger partial charge in [0, 0.05) is 5.02 Å². The Bertz CT molecular complexity index is 680. The first-order valence-corrected chi connectivity index (χ1v) is 8.26. The molecule has 1 heterocycles. The molecule has 2 aromatic rings. The third kappa shape index (κ3) is 3.31. The van der Waals surface area contributed by atoms with E-state index in [0.717, 1.165) is 30.1 Å². The van der Waals surface area contributed by atoms with Gasteiger partial charge in [-0.1, -0.05) is 55.0 Å². The lowest BCUT2D eigenvalue weighted by Crippen LogP contribution is -2.10. The summed E-state index contributed by atoms with van der Waals surface area (Å²) >= 11 is 6.06. The van der Waals surface area contributed by atoms with Crippen LogP contribution in [0.25, 0.3) is 5.69 Å². The van der Waals surface area contributed by atoms with E-state index >= 15 is 0 Å². The van der Waals surface area contributed by atoms with Crippen molar-refractivity contribution in [3.63, 3.8) is 0 Å². The van der Waals surface area contributed by atoms with Gasteiger partial charge < -0.3 is 0 Å². The number of halogens is 1. The maximum absolute atomic E-state index is 9.28. The van der Waals surface area contributed by atoms with Crippen molar-refractivity contribution in [1.29, 1.82) is 5.26 Å². The minimum Gasteiger partial charge on any atom is -0.216 e. The molecule has 0 saturated heterocycles. The molecule has 0 N–H and O–H groups in total. The number of hydrogen-bond acceptors (Lipinski definition) is 3. The molecule has 0 atom stereocenters. The first-order chi connectivity index (χ1) is 10.8. The van der Waals surface area contributed by atoms with Crippen molar-refractivity contribution in [1.82, 2.24) is 15.0 Å². The van der Waals surface area contributed by atoms with E-state index in [1.165, 1.54) is 32.1 Å². The zero-order valence-corrected chi connectivity index (χ0v) is 13.3. The van der Waals surface area contributed by atoms with E-state index in [4.69, 9.17) is 11.6 Å². The fourth-order valence-electron chi connectivity index (χ4n) is 3.24. The van der Waals surface area contributed by atoms with Gasteiger partial charge in [0.15, 0.2) is 5.69 Å². The molecular weight excluding hydrogens is 296 g/mol. The van der Waals surface area contributed by atoms with Gasteiger partial charge in [0.05, 0.1) is 11.4 Å². The largest absolute Gasteiger partial charge is 0.216 e. The highest BCUT2D eigenvalue weighted by atomic mass is 35.5. The van der Waals surface area contributed by atoms with Gasteiger partial charge >= 0.3 is 0 Å². The Balaban J connectivity index is 1.82. The standard InChI is InChI=1S/C17H19ClN4/c18-14-7-4-8-15(11-14)22-17(16(12-19)20-21-22)10-9-13-5-2-1-3-6-13/h4,7-8,11,13H,1-3,5-6,9-10H2. The van der Waals surface area contributed by atoms with Crippen LogP contribution in [0.5, 0.6) is 0 Å². The van der Waals surface area contributed by atoms with Crippen molar-refractivity contribution in [2.24, 2.45) is 5.92 Å². The van der Waals surface area contributed by atoms with Crippen LogP contribution in [0.1, 0.15) is 49.9 Å². The van der Waals surface area contributed by atoms with Gasteiger partial charge in [-0.3, -0.25) is 0 Å². The van der Waals surface area contributed by atoms with Gasteiger partial charge in [-0.2, -0.15) is 5.26 Å². The third-order valence-electron chi connectivity index (χ3n) is 4.44. The molecule has 3 rings (SSSR count). The Hall–Kier alpha value is -1.86. The number of rotatable bonds is 4. The van der Waals surface area contributed by atoms with E-state index in [0.29, 0.717) is 10.7 Å². The summed E-state index contributed by atoms with van der Waals surface area (Å²) in [5.41, 5.74) is 2.19. The van der Waals surface area contributed by atoms with E-state index in [1.807, 2.05) is 24.3 Å². The van der Waals surface area contributed by atoms with E-state index in [9.17, 15) is 5.26 Å². The molecule has 114 valence electrons. The molecule has 0 spiro atoms. The van der Waals surface area contributed by atoms with E-state index < -0.39 is 0 Å². The second kappa shape index (κ2) is 6.93. The molecule has 1 aliphatic carbocycles. The molecule has 1 aromatic heterocycles. The van der Waals surface area contributed by atoms with Crippen LogP contribution in [-0.2, 0) is 6.42 Å². The van der Waals surface area contributed by atoms with Crippen LogP contribution in [0.4, 0.5) is 0 Å². The Labute approximate surface area is 135 Å². The van der Waals surface area contributed by atoms with Crippen molar-refractivity contribution >= 4 is 11.6 Å². The lowest BCUT2D eigenvalue weighted by atomic mass is 9.85. The van der Waals surface area contributed by atoms with E-state index in [2.05, 4.69) is 16.4 Å². The first kappa shape index (κ1) is 15.1. The van der Waals surface area contributed by atoms with E-state index in [1.54, 1.807) is 4.68 Å². The summed E-state index contributed by atoms with van der Waals surface area (Å²) in [6.07, 6.45) is 8.59. The quantitative estimate of drug-likeness (QED) is 0.845. The Kier molecular flexibility index (Phi) is 4.74. The van der Waals surface area contributed by atoms with Crippen LogP contribution in [0, 0.1) is 17.2 Å². The lowest BCUT2D eigenvalue weighted by Gasteiger charge is -2.21. The molecule has 0 aliphatic heterocycles. The van der Waals surface area contributed by atoms with Gasteiger partial charge in [0.2, 0.25) is 0 Å². The molecule has 0 bridgehead atoms. The molecule has 5 heteroatoms. The fourth-order valence-corrected chi connectivity index (χ4v) is 3.43.